The van der Waals surface area contributed by atoms with Gasteiger partial charge < -0.3 is 9.64 Å². The van der Waals surface area contributed by atoms with Gasteiger partial charge in [-0.15, -0.1) is 0 Å². The van der Waals surface area contributed by atoms with Crippen LogP contribution in [0.1, 0.15) is 37.7 Å². The van der Waals surface area contributed by atoms with Crippen LogP contribution in [0.4, 0.5) is 0 Å². The minimum atomic E-state index is 0.509. The summed E-state index contributed by atoms with van der Waals surface area (Å²) in [4.78, 5) is 5.25. The Morgan fingerprint density at radius 1 is 1.00 bits per heavy atom. The third kappa shape index (κ3) is 3.24. The zero-order chi connectivity index (χ0) is 14.7. The van der Waals surface area contributed by atoms with Crippen molar-refractivity contribution >= 4 is 0 Å². The molecule has 0 atom stereocenters. The van der Waals surface area contributed by atoms with Crippen LogP contribution in [0, 0.1) is 0 Å². The summed E-state index contributed by atoms with van der Waals surface area (Å²) >= 11 is 0. The van der Waals surface area contributed by atoms with Gasteiger partial charge in [-0.2, -0.15) is 0 Å². The van der Waals surface area contributed by atoms with Gasteiger partial charge in [-0.3, -0.25) is 4.90 Å². The second-order valence-electron chi connectivity index (χ2n) is 6.73. The van der Waals surface area contributed by atoms with Crippen LogP contribution in [-0.4, -0.2) is 49.1 Å². The lowest BCUT2D eigenvalue weighted by molar-refractivity contribution is 0.00819. The number of hydrogen-bond acceptors (Lipinski definition) is 3. The molecular weight excluding hydrogens is 260 g/mol. The monoisotopic (exact) mass is 288 g/mol. The number of hydrogen-bond donors (Lipinski definition) is 0. The topological polar surface area (TPSA) is 15.7 Å². The number of rotatable bonds is 3. The highest BCUT2D eigenvalue weighted by molar-refractivity contribution is 5.27. The van der Waals surface area contributed by atoms with E-state index in [9.17, 15) is 0 Å². The number of nitrogens with zero attached hydrogens (tertiary/aromatic N) is 2. The quantitative estimate of drug-likeness (QED) is 0.850. The van der Waals surface area contributed by atoms with Gasteiger partial charge in [0.15, 0.2) is 0 Å². The van der Waals surface area contributed by atoms with Gasteiger partial charge in [-0.05, 0) is 57.0 Å². The molecule has 1 aromatic rings. The summed E-state index contributed by atoms with van der Waals surface area (Å²) in [5.74, 6) is 0.945. The molecule has 2 heterocycles. The summed E-state index contributed by atoms with van der Waals surface area (Å²) in [6.07, 6.45) is 6.87. The Balaban J connectivity index is 1.55. The van der Waals surface area contributed by atoms with Crippen molar-refractivity contribution < 1.29 is 4.74 Å². The van der Waals surface area contributed by atoms with Crippen molar-refractivity contribution in [2.75, 3.05) is 33.8 Å². The summed E-state index contributed by atoms with van der Waals surface area (Å²) in [6, 6.07) is 8.51. The van der Waals surface area contributed by atoms with E-state index in [0.717, 1.165) is 12.3 Å². The minimum absolute atomic E-state index is 0.509. The molecule has 3 rings (SSSR count). The SMILES string of the molecule is COc1ccc(CN2CCC3(CCCCN3C)CC2)cc1. The highest BCUT2D eigenvalue weighted by atomic mass is 16.5. The number of benzene rings is 1. The van der Waals surface area contributed by atoms with Crippen molar-refractivity contribution in [1.29, 1.82) is 0 Å². The highest BCUT2D eigenvalue weighted by Crippen LogP contribution is 2.36. The average molecular weight is 288 g/mol. The van der Waals surface area contributed by atoms with Gasteiger partial charge in [0.2, 0.25) is 0 Å². The van der Waals surface area contributed by atoms with E-state index in [1.165, 1.54) is 57.3 Å². The van der Waals surface area contributed by atoms with Crippen molar-refractivity contribution in [3.8, 4) is 5.75 Å². The van der Waals surface area contributed by atoms with Gasteiger partial charge in [-0.25, -0.2) is 0 Å². The van der Waals surface area contributed by atoms with E-state index >= 15 is 0 Å². The lowest BCUT2D eigenvalue weighted by atomic mass is 9.79. The van der Waals surface area contributed by atoms with Crippen molar-refractivity contribution in [1.82, 2.24) is 9.80 Å². The van der Waals surface area contributed by atoms with Gasteiger partial charge in [0.1, 0.15) is 5.75 Å². The minimum Gasteiger partial charge on any atom is -0.497 e. The number of methoxy groups -OCH3 is 1. The molecule has 0 aromatic heterocycles. The molecule has 0 unspecified atom stereocenters. The van der Waals surface area contributed by atoms with Crippen LogP contribution in [0.15, 0.2) is 24.3 Å². The first-order chi connectivity index (χ1) is 10.2. The molecular formula is C18H28N2O. The van der Waals surface area contributed by atoms with Gasteiger partial charge in [-0.1, -0.05) is 18.6 Å². The molecule has 2 saturated heterocycles. The molecule has 2 fully saturated rings. The van der Waals surface area contributed by atoms with E-state index in [-0.39, 0.29) is 0 Å². The maximum Gasteiger partial charge on any atom is 0.118 e. The fourth-order valence-corrected chi connectivity index (χ4v) is 3.98. The zero-order valence-corrected chi connectivity index (χ0v) is 13.5. The van der Waals surface area contributed by atoms with E-state index in [0.29, 0.717) is 5.54 Å². The Morgan fingerprint density at radius 3 is 2.33 bits per heavy atom. The van der Waals surface area contributed by atoms with Crippen molar-refractivity contribution in [3.05, 3.63) is 29.8 Å². The fourth-order valence-electron chi connectivity index (χ4n) is 3.98. The second kappa shape index (κ2) is 6.37. The molecule has 0 bridgehead atoms. The molecule has 0 saturated carbocycles. The number of ether oxygens (including phenoxy) is 1. The van der Waals surface area contributed by atoms with Crippen LogP contribution < -0.4 is 4.74 Å². The summed E-state index contributed by atoms with van der Waals surface area (Å²) in [5, 5.41) is 0. The van der Waals surface area contributed by atoms with E-state index in [4.69, 9.17) is 4.74 Å². The third-order valence-corrected chi connectivity index (χ3v) is 5.55. The van der Waals surface area contributed by atoms with Crippen LogP contribution in [0.5, 0.6) is 5.75 Å². The van der Waals surface area contributed by atoms with E-state index in [2.05, 4.69) is 41.1 Å². The molecule has 0 radical (unpaired) electrons. The van der Waals surface area contributed by atoms with Crippen molar-refractivity contribution in [2.45, 2.75) is 44.2 Å². The third-order valence-electron chi connectivity index (χ3n) is 5.55. The highest BCUT2D eigenvalue weighted by Gasteiger charge is 2.39. The van der Waals surface area contributed by atoms with Crippen LogP contribution in [-0.2, 0) is 6.54 Å². The maximum atomic E-state index is 5.23. The van der Waals surface area contributed by atoms with Crippen LogP contribution in [0.2, 0.25) is 0 Å². The summed E-state index contributed by atoms with van der Waals surface area (Å²) in [5.41, 5.74) is 1.90. The number of likely N-dealkylation sites (tertiary alicyclic amines) is 2. The molecule has 21 heavy (non-hydrogen) atoms. The van der Waals surface area contributed by atoms with Gasteiger partial charge >= 0.3 is 0 Å². The maximum absolute atomic E-state index is 5.23. The molecule has 1 spiro atoms. The van der Waals surface area contributed by atoms with Crippen LogP contribution >= 0.6 is 0 Å². The molecule has 0 N–H and O–H groups in total. The smallest absolute Gasteiger partial charge is 0.118 e. The standard InChI is InChI=1S/C18H28N2O/c1-19-12-4-3-9-18(19)10-13-20(14-11-18)15-16-5-7-17(21-2)8-6-16/h5-8H,3-4,9-15H2,1-2H3. The van der Waals surface area contributed by atoms with Crippen LogP contribution in [0.3, 0.4) is 0 Å². The van der Waals surface area contributed by atoms with Gasteiger partial charge in [0.25, 0.3) is 0 Å². The number of piperidine rings is 2. The first-order valence-electron chi connectivity index (χ1n) is 8.28. The average Bonchev–Trinajstić information content (AvgIpc) is 2.53. The van der Waals surface area contributed by atoms with E-state index < -0.39 is 0 Å². The Morgan fingerprint density at radius 2 is 1.71 bits per heavy atom. The Hall–Kier alpha value is -1.06. The second-order valence-corrected chi connectivity index (χ2v) is 6.73. The molecule has 3 heteroatoms. The molecule has 116 valence electrons. The molecule has 2 aliphatic rings. The van der Waals surface area contributed by atoms with Crippen molar-refractivity contribution in [3.63, 3.8) is 0 Å². The lowest BCUT2D eigenvalue weighted by Gasteiger charge is -2.50. The molecule has 0 aliphatic carbocycles. The van der Waals surface area contributed by atoms with Gasteiger partial charge in [0.05, 0.1) is 7.11 Å². The molecule has 2 aliphatic heterocycles. The van der Waals surface area contributed by atoms with Crippen LogP contribution in [0.25, 0.3) is 0 Å². The predicted octanol–water partition coefficient (Wildman–Crippen LogP) is 3.15. The Labute approximate surface area is 128 Å². The molecule has 1 aromatic carbocycles. The van der Waals surface area contributed by atoms with E-state index in [1.54, 1.807) is 7.11 Å². The Kier molecular flexibility index (Phi) is 4.51. The molecule has 0 amide bonds. The normalized spacial score (nSPS) is 23.3. The van der Waals surface area contributed by atoms with Gasteiger partial charge in [0, 0.05) is 25.2 Å². The first kappa shape index (κ1) is 14.9. The lowest BCUT2D eigenvalue weighted by Crippen LogP contribution is -2.55. The summed E-state index contributed by atoms with van der Waals surface area (Å²) < 4.78 is 5.23. The zero-order valence-electron chi connectivity index (χ0n) is 13.5. The summed E-state index contributed by atoms with van der Waals surface area (Å²) in [6.45, 7) is 4.83. The predicted molar refractivity (Wildman–Crippen MR) is 86.7 cm³/mol. The summed E-state index contributed by atoms with van der Waals surface area (Å²) in [7, 11) is 4.05. The Bertz CT molecular complexity index is 449. The van der Waals surface area contributed by atoms with E-state index in [1.807, 2.05) is 0 Å². The van der Waals surface area contributed by atoms with Crippen molar-refractivity contribution in [2.24, 2.45) is 0 Å². The fraction of sp³-hybridized carbons (Fsp3) is 0.667. The first-order valence-corrected chi connectivity index (χ1v) is 8.28. The largest absolute Gasteiger partial charge is 0.497 e. The molecule has 3 nitrogen and oxygen atoms in total.